The van der Waals surface area contributed by atoms with E-state index in [2.05, 4.69) is 5.32 Å². The summed E-state index contributed by atoms with van der Waals surface area (Å²) in [4.78, 5) is 39.9. The second-order valence-corrected chi connectivity index (χ2v) is 9.30. The Morgan fingerprint density at radius 1 is 1.00 bits per heavy atom. The first-order chi connectivity index (χ1) is 18.9. The average Bonchev–Trinajstić information content (AvgIpc) is 3.43. The van der Waals surface area contributed by atoms with Gasteiger partial charge in [0.25, 0.3) is 11.8 Å². The number of carbonyl (C=O) groups is 3. The maximum Gasteiger partial charge on any atom is 0.287 e. The molecule has 198 valence electrons. The van der Waals surface area contributed by atoms with Crippen LogP contribution >= 0.6 is 0 Å². The monoisotopic (exact) mass is 524 g/mol. The fourth-order valence-corrected chi connectivity index (χ4v) is 4.33. The minimum Gasteiger partial charge on any atom is -0.485 e. The second kappa shape index (κ2) is 11.3. The van der Waals surface area contributed by atoms with Crippen molar-refractivity contribution in [3.63, 3.8) is 0 Å². The predicted octanol–water partition coefficient (Wildman–Crippen LogP) is 5.27. The summed E-state index contributed by atoms with van der Waals surface area (Å²) in [6.45, 7) is 3.60. The number of ketones is 1. The van der Waals surface area contributed by atoms with Crippen LogP contribution in [0.5, 0.6) is 11.5 Å². The molecule has 0 spiro atoms. The Labute approximate surface area is 226 Å². The van der Waals surface area contributed by atoms with E-state index >= 15 is 0 Å². The zero-order valence-corrected chi connectivity index (χ0v) is 21.7. The fourth-order valence-electron chi connectivity index (χ4n) is 4.33. The highest BCUT2D eigenvalue weighted by atomic mass is 16.5. The van der Waals surface area contributed by atoms with Crippen molar-refractivity contribution in [3.8, 4) is 11.5 Å². The van der Waals surface area contributed by atoms with Gasteiger partial charge in [-0.2, -0.15) is 0 Å². The lowest BCUT2D eigenvalue weighted by Crippen LogP contribution is -2.38. The number of hydrogen-bond acceptors (Lipinski definition) is 6. The van der Waals surface area contributed by atoms with Crippen molar-refractivity contribution in [2.24, 2.45) is 0 Å². The van der Waals surface area contributed by atoms with Gasteiger partial charge in [0.05, 0.1) is 18.3 Å². The van der Waals surface area contributed by atoms with E-state index in [4.69, 9.17) is 13.9 Å². The lowest BCUT2D eigenvalue weighted by Gasteiger charge is -2.29. The Morgan fingerprint density at radius 2 is 1.77 bits per heavy atom. The summed E-state index contributed by atoms with van der Waals surface area (Å²) >= 11 is 0. The quantitative estimate of drug-likeness (QED) is 0.300. The van der Waals surface area contributed by atoms with Crippen LogP contribution in [0.15, 0.2) is 89.3 Å². The van der Waals surface area contributed by atoms with E-state index in [1.807, 2.05) is 68.4 Å². The van der Waals surface area contributed by atoms with Gasteiger partial charge in [0.1, 0.15) is 17.3 Å². The topological polar surface area (TPSA) is 98.1 Å². The van der Waals surface area contributed by atoms with Crippen molar-refractivity contribution < 1.29 is 28.3 Å². The molecule has 0 aliphatic carbocycles. The van der Waals surface area contributed by atoms with Crippen LogP contribution in [0.2, 0.25) is 0 Å². The molecule has 1 N–H and O–H groups in total. The van der Waals surface area contributed by atoms with E-state index in [1.165, 1.54) is 4.90 Å². The van der Waals surface area contributed by atoms with Crippen LogP contribution in [0.3, 0.4) is 0 Å². The molecule has 2 heterocycles. The summed E-state index contributed by atoms with van der Waals surface area (Å²) in [5.41, 5.74) is 2.75. The molecule has 0 radical (unpaired) electrons. The Morgan fingerprint density at radius 3 is 2.56 bits per heavy atom. The largest absolute Gasteiger partial charge is 0.485 e. The highest BCUT2D eigenvalue weighted by molar-refractivity contribution is 6.02. The van der Waals surface area contributed by atoms with Crippen LogP contribution in [-0.2, 0) is 11.3 Å². The van der Waals surface area contributed by atoms with E-state index in [9.17, 15) is 14.4 Å². The minimum absolute atomic E-state index is 0.0774. The molecular formula is C31H28N2O6. The zero-order chi connectivity index (χ0) is 27.4. The second-order valence-electron chi connectivity index (χ2n) is 9.30. The first kappa shape index (κ1) is 25.8. The molecule has 2 amide bonds. The van der Waals surface area contributed by atoms with Gasteiger partial charge in [-0.15, -0.1) is 0 Å². The standard InChI is InChI=1S/C31H28N2O6/c1-20-8-6-7-11-27(20)37-18-26(34)23-12-14-28-25(16-23)33(30(35)19-38-28)17-24-13-15-29(39-24)31(36)32-21(2)22-9-4-3-5-10-22/h3-16,21H,17-19H2,1-2H3,(H,32,36). The van der Waals surface area contributed by atoms with E-state index < -0.39 is 0 Å². The number of fused-ring (bicyclic) bond motifs is 1. The van der Waals surface area contributed by atoms with Crippen LogP contribution in [0.1, 0.15) is 50.8 Å². The Balaban J connectivity index is 1.28. The van der Waals surface area contributed by atoms with Crippen molar-refractivity contribution >= 4 is 23.3 Å². The first-order valence-electron chi connectivity index (χ1n) is 12.6. The van der Waals surface area contributed by atoms with Gasteiger partial charge in [0, 0.05) is 5.56 Å². The molecule has 8 nitrogen and oxygen atoms in total. The van der Waals surface area contributed by atoms with Gasteiger partial charge in [-0.05, 0) is 61.4 Å². The van der Waals surface area contributed by atoms with Crippen LogP contribution in [-0.4, -0.2) is 30.8 Å². The Kier molecular flexibility index (Phi) is 7.45. The number of Topliss-reactive ketones (excluding diaryl/α,β-unsaturated/α-hetero) is 1. The van der Waals surface area contributed by atoms with Crippen molar-refractivity contribution in [2.75, 3.05) is 18.1 Å². The van der Waals surface area contributed by atoms with Crippen LogP contribution < -0.4 is 19.7 Å². The molecule has 0 bridgehead atoms. The van der Waals surface area contributed by atoms with Crippen LogP contribution in [0, 0.1) is 6.92 Å². The van der Waals surface area contributed by atoms with Gasteiger partial charge in [-0.3, -0.25) is 19.3 Å². The molecule has 1 atom stereocenters. The summed E-state index contributed by atoms with van der Waals surface area (Å²) in [5.74, 6) is 0.811. The normalized spacial score (nSPS) is 13.3. The summed E-state index contributed by atoms with van der Waals surface area (Å²) in [7, 11) is 0. The lowest BCUT2D eigenvalue weighted by atomic mass is 10.1. The molecule has 8 heteroatoms. The van der Waals surface area contributed by atoms with Gasteiger partial charge in [-0.25, -0.2) is 0 Å². The van der Waals surface area contributed by atoms with Gasteiger partial charge in [-0.1, -0.05) is 48.5 Å². The van der Waals surface area contributed by atoms with Crippen molar-refractivity contribution in [3.05, 3.63) is 113 Å². The number of aryl methyl sites for hydroxylation is 1. The Hall–Kier alpha value is -4.85. The summed E-state index contributed by atoms with van der Waals surface area (Å²) in [6.07, 6.45) is 0. The molecule has 0 saturated carbocycles. The van der Waals surface area contributed by atoms with E-state index in [0.29, 0.717) is 28.5 Å². The highest BCUT2D eigenvalue weighted by Crippen LogP contribution is 2.34. The number of carbonyl (C=O) groups excluding carboxylic acids is 3. The minimum atomic E-state index is -0.354. The highest BCUT2D eigenvalue weighted by Gasteiger charge is 2.28. The third-order valence-corrected chi connectivity index (χ3v) is 6.52. The third kappa shape index (κ3) is 5.85. The molecule has 0 fully saturated rings. The molecular weight excluding hydrogens is 496 g/mol. The summed E-state index contributed by atoms with van der Waals surface area (Å²) in [6, 6.07) is 25.1. The van der Waals surface area contributed by atoms with E-state index in [-0.39, 0.29) is 49.2 Å². The van der Waals surface area contributed by atoms with Crippen LogP contribution in [0.4, 0.5) is 5.69 Å². The molecule has 39 heavy (non-hydrogen) atoms. The van der Waals surface area contributed by atoms with Gasteiger partial charge >= 0.3 is 0 Å². The predicted molar refractivity (Wildman–Crippen MR) is 145 cm³/mol. The molecule has 4 aromatic rings. The number of para-hydroxylation sites is 1. The number of benzene rings is 3. The third-order valence-electron chi connectivity index (χ3n) is 6.52. The molecule has 5 rings (SSSR count). The van der Waals surface area contributed by atoms with E-state index in [0.717, 1.165) is 11.1 Å². The van der Waals surface area contributed by atoms with Crippen molar-refractivity contribution in [1.29, 1.82) is 0 Å². The number of amides is 2. The lowest BCUT2D eigenvalue weighted by molar-refractivity contribution is -0.121. The number of rotatable bonds is 9. The summed E-state index contributed by atoms with van der Waals surface area (Å²) in [5, 5.41) is 2.92. The molecule has 1 aliphatic rings. The summed E-state index contributed by atoms with van der Waals surface area (Å²) < 4.78 is 17.1. The average molecular weight is 525 g/mol. The van der Waals surface area contributed by atoms with E-state index in [1.54, 1.807) is 30.3 Å². The van der Waals surface area contributed by atoms with Crippen LogP contribution in [0.25, 0.3) is 0 Å². The van der Waals surface area contributed by atoms with Gasteiger partial charge in [0.15, 0.2) is 24.8 Å². The Bertz CT molecular complexity index is 1510. The molecule has 1 aliphatic heterocycles. The van der Waals surface area contributed by atoms with Crippen molar-refractivity contribution in [2.45, 2.75) is 26.4 Å². The maximum absolute atomic E-state index is 12.9. The zero-order valence-electron chi connectivity index (χ0n) is 21.7. The number of ether oxygens (including phenoxy) is 2. The number of anilines is 1. The van der Waals surface area contributed by atoms with Gasteiger partial charge < -0.3 is 19.2 Å². The number of hydrogen-bond donors (Lipinski definition) is 1. The number of nitrogens with one attached hydrogen (secondary N) is 1. The molecule has 3 aromatic carbocycles. The SMILES string of the molecule is Cc1ccccc1OCC(=O)c1ccc2c(c1)N(Cc1ccc(C(=O)NC(C)c3ccccc3)o1)C(=O)CO2. The van der Waals surface area contributed by atoms with Gasteiger partial charge in [0.2, 0.25) is 0 Å². The molecule has 1 aromatic heterocycles. The van der Waals surface area contributed by atoms with Crippen molar-refractivity contribution in [1.82, 2.24) is 5.32 Å². The first-order valence-corrected chi connectivity index (χ1v) is 12.6. The number of nitrogens with zero attached hydrogens (tertiary/aromatic N) is 1. The number of furan rings is 1. The maximum atomic E-state index is 12.9. The molecule has 0 saturated heterocycles. The smallest absolute Gasteiger partial charge is 0.287 e. The molecule has 1 unspecified atom stereocenters. The fraction of sp³-hybridized carbons (Fsp3) is 0.194.